The summed E-state index contributed by atoms with van der Waals surface area (Å²) in [6.07, 6.45) is 0.784. The normalized spacial score (nSPS) is 12.5. The van der Waals surface area contributed by atoms with E-state index in [1.807, 2.05) is 38.1 Å². The minimum Gasteiger partial charge on any atom is -0.497 e. The summed E-state index contributed by atoms with van der Waals surface area (Å²) >= 11 is 6.55. The van der Waals surface area contributed by atoms with Crippen molar-refractivity contribution in [3.05, 3.63) is 52.5 Å². The largest absolute Gasteiger partial charge is 0.497 e. The van der Waals surface area contributed by atoms with Gasteiger partial charge < -0.3 is 9.15 Å². The SMILES string of the molecule is COc1ccc(CC(Cl)c2c(C)oc(C)c2C)cc1. The first-order valence-corrected chi connectivity index (χ1v) is 6.80. The van der Waals surface area contributed by atoms with Gasteiger partial charge in [0.15, 0.2) is 0 Å². The fourth-order valence-electron chi connectivity index (χ4n) is 2.34. The maximum Gasteiger partial charge on any atom is 0.118 e. The molecule has 1 aromatic heterocycles. The number of aryl methyl sites for hydroxylation is 2. The van der Waals surface area contributed by atoms with Crippen molar-refractivity contribution in [3.8, 4) is 5.75 Å². The van der Waals surface area contributed by atoms with Crippen molar-refractivity contribution < 1.29 is 9.15 Å². The highest BCUT2D eigenvalue weighted by Gasteiger charge is 2.19. The van der Waals surface area contributed by atoms with Crippen LogP contribution in [0.5, 0.6) is 5.75 Å². The van der Waals surface area contributed by atoms with Crippen LogP contribution in [0.4, 0.5) is 0 Å². The molecule has 0 spiro atoms. The van der Waals surface area contributed by atoms with Crippen LogP contribution in [-0.4, -0.2) is 7.11 Å². The van der Waals surface area contributed by atoms with Gasteiger partial charge in [0.05, 0.1) is 12.5 Å². The Morgan fingerprint density at radius 2 is 1.74 bits per heavy atom. The lowest BCUT2D eigenvalue weighted by Crippen LogP contribution is -1.98. The van der Waals surface area contributed by atoms with Gasteiger partial charge in [0.25, 0.3) is 0 Å². The second kappa shape index (κ2) is 5.70. The fraction of sp³-hybridized carbons (Fsp3) is 0.375. The summed E-state index contributed by atoms with van der Waals surface area (Å²) < 4.78 is 10.8. The zero-order valence-corrected chi connectivity index (χ0v) is 12.5. The van der Waals surface area contributed by atoms with Gasteiger partial charge in [-0.2, -0.15) is 0 Å². The molecule has 0 saturated carbocycles. The Kier molecular flexibility index (Phi) is 4.20. The van der Waals surface area contributed by atoms with Crippen molar-refractivity contribution >= 4 is 11.6 Å². The second-order valence-corrected chi connectivity index (χ2v) is 5.30. The molecule has 102 valence electrons. The van der Waals surface area contributed by atoms with E-state index in [1.165, 1.54) is 5.56 Å². The van der Waals surface area contributed by atoms with Crippen molar-refractivity contribution in [2.45, 2.75) is 32.6 Å². The van der Waals surface area contributed by atoms with Crippen LogP contribution in [0.1, 0.15) is 33.6 Å². The van der Waals surface area contributed by atoms with Gasteiger partial charge in [0, 0.05) is 5.56 Å². The molecule has 1 atom stereocenters. The lowest BCUT2D eigenvalue weighted by molar-refractivity contribution is 0.414. The van der Waals surface area contributed by atoms with E-state index in [1.54, 1.807) is 7.11 Å². The summed E-state index contributed by atoms with van der Waals surface area (Å²) in [5.74, 6) is 2.73. The van der Waals surface area contributed by atoms with Crippen LogP contribution in [0.2, 0.25) is 0 Å². The molecule has 0 aliphatic rings. The molecule has 0 amide bonds. The van der Waals surface area contributed by atoms with Crippen molar-refractivity contribution in [3.63, 3.8) is 0 Å². The van der Waals surface area contributed by atoms with Gasteiger partial charge in [0.2, 0.25) is 0 Å². The smallest absolute Gasteiger partial charge is 0.118 e. The van der Waals surface area contributed by atoms with Crippen LogP contribution in [-0.2, 0) is 6.42 Å². The summed E-state index contributed by atoms with van der Waals surface area (Å²) in [6.45, 7) is 6.01. The molecule has 1 heterocycles. The average Bonchev–Trinajstić information content (AvgIpc) is 2.64. The quantitative estimate of drug-likeness (QED) is 0.754. The third-order valence-corrected chi connectivity index (χ3v) is 3.88. The number of hydrogen-bond acceptors (Lipinski definition) is 2. The third kappa shape index (κ3) is 2.95. The average molecular weight is 279 g/mol. The van der Waals surface area contributed by atoms with E-state index in [4.69, 9.17) is 20.8 Å². The van der Waals surface area contributed by atoms with Crippen LogP contribution in [0.3, 0.4) is 0 Å². The minimum absolute atomic E-state index is 0.0640. The first-order valence-electron chi connectivity index (χ1n) is 6.36. The number of ether oxygens (including phenoxy) is 1. The molecule has 0 bridgehead atoms. The molecule has 2 nitrogen and oxygen atoms in total. The zero-order chi connectivity index (χ0) is 14.0. The van der Waals surface area contributed by atoms with Gasteiger partial charge >= 0.3 is 0 Å². The Balaban J connectivity index is 2.18. The molecule has 3 heteroatoms. The van der Waals surface area contributed by atoms with Crippen molar-refractivity contribution in [2.75, 3.05) is 7.11 Å². The summed E-state index contributed by atoms with van der Waals surface area (Å²) in [5.41, 5.74) is 3.47. The van der Waals surface area contributed by atoms with E-state index in [-0.39, 0.29) is 5.38 Å². The molecule has 0 radical (unpaired) electrons. The predicted molar refractivity (Wildman–Crippen MR) is 78.2 cm³/mol. The molecule has 1 aromatic carbocycles. The van der Waals surface area contributed by atoms with Gasteiger partial charge in [-0.15, -0.1) is 11.6 Å². The van der Waals surface area contributed by atoms with Crippen LogP contribution >= 0.6 is 11.6 Å². The number of hydrogen-bond donors (Lipinski definition) is 0. The van der Waals surface area contributed by atoms with Crippen LogP contribution in [0.25, 0.3) is 0 Å². The number of benzene rings is 1. The Morgan fingerprint density at radius 1 is 1.11 bits per heavy atom. The molecule has 0 saturated heterocycles. The summed E-state index contributed by atoms with van der Waals surface area (Å²) in [5, 5.41) is -0.0640. The molecule has 0 aliphatic carbocycles. The lowest BCUT2D eigenvalue weighted by Gasteiger charge is -2.11. The molecule has 2 rings (SSSR count). The standard InChI is InChI=1S/C16H19ClO2/c1-10-11(2)19-12(3)16(10)15(17)9-13-5-7-14(18-4)8-6-13/h5-8,15H,9H2,1-4H3. The molecule has 0 aliphatic heterocycles. The van der Waals surface area contributed by atoms with Crippen molar-refractivity contribution in [1.29, 1.82) is 0 Å². The molecule has 19 heavy (non-hydrogen) atoms. The van der Waals surface area contributed by atoms with E-state index >= 15 is 0 Å². The molecule has 0 N–H and O–H groups in total. The van der Waals surface area contributed by atoms with Crippen LogP contribution in [0.15, 0.2) is 28.7 Å². The topological polar surface area (TPSA) is 22.4 Å². The summed E-state index contributed by atoms with van der Waals surface area (Å²) in [4.78, 5) is 0. The Hall–Kier alpha value is -1.41. The van der Waals surface area contributed by atoms with E-state index in [9.17, 15) is 0 Å². The van der Waals surface area contributed by atoms with Gasteiger partial charge in [-0.3, -0.25) is 0 Å². The first kappa shape index (κ1) is 14.0. The van der Waals surface area contributed by atoms with Gasteiger partial charge in [-0.25, -0.2) is 0 Å². The number of rotatable bonds is 4. The second-order valence-electron chi connectivity index (χ2n) is 4.77. The lowest BCUT2D eigenvalue weighted by atomic mass is 10.0. The van der Waals surface area contributed by atoms with E-state index < -0.39 is 0 Å². The van der Waals surface area contributed by atoms with Crippen molar-refractivity contribution in [1.82, 2.24) is 0 Å². The summed E-state index contributed by atoms with van der Waals surface area (Å²) in [7, 11) is 1.67. The molecular formula is C16H19ClO2. The zero-order valence-electron chi connectivity index (χ0n) is 11.8. The molecule has 0 fully saturated rings. The van der Waals surface area contributed by atoms with Crippen LogP contribution < -0.4 is 4.74 Å². The fourth-order valence-corrected chi connectivity index (χ4v) is 2.84. The highest BCUT2D eigenvalue weighted by Crippen LogP contribution is 2.33. The van der Waals surface area contributed by atoms with E-state index in [0.717, 1.165) is 34.8 Å². The maximum absolute atomic E-state index is 6.55. The number of halogens is 1. The minimum atomic E-state index is -0.0640. The first-order chi connectivity index (χ1) is 9.02. The van der Waals surface area contributed by atoms with Crippen LogP contribution in [0, 0.1) is 20.8 Å². The number of furan rings is 1. The van der Waals surface area contributed by atoms with E-state index in [2.05, 4.69) is 6.92 Å². The van der Waals surface area contributed by atoms with Gasteiger partial charge in [0.1, 0.15) is 17.3 Å². The number of methoxy groups -OCH3 is 1. The van der Waals surface area contributed by atoms with E-state index in [0.29, 0.717) is 0 Å². The number of alkyl halides is 1. The van der Waals surface area contributed by atoms with Crippen molar-refractivity contribution in [2.24, 2.45) is 0 Å². The summed E-state index contributed by atoms with van der Waals surface area (Å²) in [6, 6.07) is 8.01. The maximum atomic E-state index is 6.55. The Bertz CT molecular complexity index is 555. The Morgan fingerprint density at radius 3 is 2.21 bits per heavy atom. The highest BCUT2D eigenvalue weighted by molar-refractivity contribution is 6.21. The third-order valence-electron chi connectivity index (χ3n) is 3.50. The van der Waals surface area contributed by atoms with Gasteiger partial charge in [-0.05, 0) is 50.5 Å². The molecule has 2 aromatic rings. The highest BCUT2D eigenvalue weighted by atomic mass is 35.5. The Labute approximate surface area is 119 Å². The molecular weight excluding hydrogens is 260 g/mol. The predicted octanol–water partition coefficient (Wildman–Crippen LogP) is 4.74. The van der Waals surface area contributed by atoms with Gasteiger partial charge in [-0.1, -0.05) is 12.1 Å². The molecule has 1 unspecified atom stereocenters. The monoisotopic (exact) mass is 278 g/mol.